The highest BCUT2D eigenvalue weighted by Gasteiger charge is 2.45. The third kappa shape index (κ3) is 13.3. The van der Waals surface area contributed by atoms with Gasteiger partial charge in [0.25, 0.3) is 5.91 Å². The molecule has 1 saturated carbocycles. The van der Waals surface area contributed by atoms with Gasteiger partial charge in [-0.15, -0.1) is 0 Å². The van der Waals surface area contributed by atoms with Crippen LogP contribution in [0.5, 0.6) is 0 Å². The van der Waals surface area contributed by atoms with Gasteiger partial charge in [-0.3, -0.25) is 33.7 Å². The summed E-state index contributed by atoms with van der Waals surface area (Å²) < 4.78 is 5.83. The predicted molar refractivity (Wildman–Crippen MR) is 208 cm³/mol. The van der Waals surface area contributed by atoms with E-state index in [9.17, 15) is 33.6 Å². The van der Waals surface area contributed by atoms with Crippen LogP contribution in [0, 0.1) is 11.8 Å². The molecule has 55 heavy (non-hydrogen) atoms. The minimum atomic E-state index is -1.19. The monoisotopic (exact) mass is 768 g/mol. The second-order valence-corrected chi connectivity index (χ2v) is 16.4. The molecule has 4 atom stereocenters. The number of nitrogens with zero attached hydrogens (tertiary/aromatic N) is 3. The highest BCUT2D eigenvalue weighted by atomic mass is 16.6. The van der Waals surface area contributed by atoms with E-state index in [2.05, 4.69) is 29.8 Å². The van der Waals surface area contributed by atoms with Gasteiger partial charge in [0, 0.05) is 27.2 Å². The third-order valence-electron chi connectivity index (χ3n) is 10.1. The summed E-state index contributed by atoms with van der Waals surface area (Å²) in [6, 6.07) is 4.78. The second kappa shape index (κ2) is 21.0. The molecule has 1 aliphatic heterocycles. The van der Waals surface area contributed by atoms with Gasteiger partial charge in [-0.1, -0.05) is 76.8 Å². The van der Waals surface area contributed by atoms with Crippen molar-refractivity contribution in [1.29, 1.82) is 0 Å². The van der Waals surface area contributed by atoms with E-state index < -0.39 is 65.9 Å². The Kier molecular flexibility index (Phi) is 17.1. The van der Waals surface area contributed by atoms with Crippen molar-refractivity contribution in [2.45, 2.75) is 136 Å². The number of benzene rings is 1. The quantitative estimate of drug-likeness (QED) is 0.199. The lowest BCUT2D eigenvalue weighted by molar-refractivity contribution is -0.146. The molecule has 0 bridgehead atoms. The van der Waals surface area contributed by atoms with Gasteiger partial charge < -0.3 is 30.5 Å². The molecule has 1 saturated heterocycles. The highest BCUT2D eigenvalue weighted by molar-refractivity contribution is 6.38. The summed E-state index contributed by atoms with van der Waals surface area (Å²) in [5.41, 5.74) is -0.212. The number of ether oxygens (including phenoxy) is 1. The number of Topliss-reactive ketones (excluding diaryl/α,β-unsaturated/α-hetero) is 1. The van der Waals surface area contributed by atoms with Gasteiger partial charge in [-0.2, -0.15) is 0 Å². The van der Waals surface area contributed by atoms with E-state index in [1.165, 1.54) is 9.80 Å². The number of ketones is 1. The van der Waals surface area contributed by atoms with Crippen molar-refractivity contribution in [3.63, 3.8) is 0 Å². The minimum Gasteiger partial charge on any atom is -0.444 e. The average molecular weight is 769 g/mol. The molecule has 6 amide bonds. The third-order valence-corrected chi connectivity index (χ3v) is 10.1. The molecule has 3 rings (SSSR count). The summed E-state index contributed by atoms with van der Waals surface area (Å²) in [5, 5.41) is 7.70. The van der Waals surface area contributed by atoms with Crippen LogP contribution < -0.4 is 16.0 Å². The standard InChI is InChI=1S/C41H64N6O8/c1-9-17-30(35(49)37(51)42-26-32(48)44-33(38(52)45(7)8)28-18-12-10-13-19-28)43-36(50)31-22-16-24-46(31)39(53)34(29-20-14-11-15-21-29)47(25-23-27(2)3)40(54)55-41(4,5)6/h10,12-13,18-19,27,29-31,33-34H,9,11,14-17,20-26H2,1-8H3,(H,42,51)(H,43,50)(H,44,48)/t30?,31?,33-,34-/m0/s1. The zero-order valence-electron chi connectivity index (χ0n) is 34.2. The lowest BCUT2D eigenvalue weighted by Crippen LogP contribution is -2.59. The molecule has 1 heterocycles. The molecule has 2 aliphatic rings. The Morgan fingerprint density at radius 1 is 0.891 bits per heavy atom. The van der Waals surface area contributed by atoms with Crippen LogP contribution in [0.2, 0.25) is 0 Å². The van der Waals surface area contributed by atoms with E-state index >= 15 is 0 Å². The van der Waals surface area contributed by atoms with E-state index in [1.807, 2.05) is 6.92 Å². The second-order valence-electron chi connectivity index (χ2n) is 16.4. The van der Waals surface area contributed by atoms with E-state index in [4.69, 9.17) is 4.74 Å². The van der Waals surface area contributed by atoms with Crippen LogP contribution in [-0.4, -0.2) is 114 Å². The number of carbonyl (C=O) groups excluding carboxylic acids is 7. The maximum absolute atomic E-state index is 14.7. The first-order valence-electron chi connectivity index (χ1n) is 19.9. The van der Waals surface area contributed by atoms with Crippen LogP contribution in [0.3, 0.4) is 0 Å². The van der Waals surface area contributed by atoms with Crippen LogP contribution in [0.15, 0.2) is 30.3 Å². The molecule has 1 aromatic rings. The minimum absolute atomic E-state index is 0.0930. The Hall–Kier alpha value is -4.49. The van der Waals surface area contributed by atoms with Crippen LogP contribution in [0.4, 0.5) is 4.79 Å². The van der Waals surface area contributed by atoms with Gasteiger partial charge in [0.2, 0.25) is 29.4 Å². The lowest BCUT2D eigenvalue weighted by Gasteiger charge is -2.41. The molecule has 0 aromatic heterocycles. The summed E-state index contributed by atoms with van der Waals surface area (Å²) in [4.78, 5) is 99.0. The molecule has 0 spiro atoms. The average Bonchev–Trinajstić information content (AvgIpc) is 3.64. The Bertz CT molecular complexity index is 1490. The number of carbonyl (C=O) groups is 7. The summed E-state index contributed by atoms with van der Waals surface area (Å²) >= 11 is 0. The van der Waals surface area contributed by atoms with Crippen LogP contribution >= 0.6 is 0 Å². The molecule has 3 N–H and O–H groups in total. The van der Waals surface area contributed by atoms with Crippen LogP contribution in [0.1, 0.15) is 117 Å². The Balaban J connectivity index is 1.75. The van der Waals surface area contributed by atoms with Crippen LogP contribution in [0.25, 0.3) is 0 Å². The summed E-state index contributed by atoms with van der Waals surface area (Å²) in [5.74, 6) is -3.70. The molecular weight excluding hydrogens is 704 g/mol. The maximum atomic E-state index is 14.7. The molecule has 306 valence electrons. The van der Waals surface area contributed by atoms with Crippen molar-refractivity contribution < 1.29 is 38.3 Å². The number of amides is 6. The van der Waals surface area contributed by atoms with Gasteiger partial charge in [-0.05, 0) is 76.7 Å². The smallest absolute Gasteiger partial charge is 0.410 e. The van der Waals surface area contributed by atoms with Gasteiger partial charge in [0.05, 0.1) is 12.6 Å². The van der Waals surface area contributed by atoms with E-state index in [-0.39, 0.29) is 30.1 Å². The first-order valence-corrected chi connectivity index (χ1v) is 19.9. The summed E-state index contributed by atoms with van der Waals surface area (Å²) in [6.07, 6.45) is 6.16. The van der Waals surface area contributed by atoms with Crippen molar-refractivity contribution >= 4 is 41.4 Å². The van der Waals surface area contributed by atoms with Crippen LogP contribution in [-0.2, 0) is 33.5 Å². The molecule has 2 fully saturated rings. The zero-order valence-corrected chi connectivity index (χ0v) is 34.2. The Morgan fingerprint density at radius 2 is 1.55 bits per heavy atom. The molecule has 14 nitrogen and oxygen atoms in total. The van der Waals surface area contributed by atoms with Crippen molar-refractivity contribution in [3.8, 4) is 0 Å². The lowest BCUT2D eigenvalue weighted by atomic mass is 9.82. The largest absolute Gasteiger partial charge is 0.444 e. The Morgan fingerprint density at radius 3 is 2.13 bits per heavy atom. The van der Waals surface area contributed by atoms with Gasteiger partial charge >= 0.3 is 6.09 Å². The fraction of sp³-hybridized carbons (Fsp3) is 0.683. The van der Waals surface area contributed by atoms with Crippen molar-refractivity contribution in [3.05, 3.63) is 35.9 Å². The number of hydrogen-bond acceptors (Lipinski definition) is 8. The fourth-order valence-corrected chi connectivity index (χ4v) is 7.21. The normalized spacial score (nSPS) is 17.8. The van der Waals surface area contributed by atoms with Gasteiger partial charge in [0.15, 0.2) is 0 Å². The molecule has 2 unspecified atom stereocenters. The van der Waals surface area contributed by atoms with E-state index in [1.54, 1.807) is 70.1 Å². The number of nitrogens with one attached hydrogen (secondary N) is 3. The van der Waals surface area contributed by atoms with E-state index in [0.717, 1.165) is 32.1 Å². The van der Waals surface area contributed by atoms with Crippen molar-refractivity contribution in [2.24, 2.45) is 11.8 Å². The SMILES string of the molecule is CCCC(NC(=O)C1CCCN1C(=O)[C@H](C1CCCCC1)N(CCC(C)C)C(=O)OC(C)(C)C)C(=O)C(=O)NCC(=O)N[C@H](C(=O)N(C)C)c1ccccc1. The molecular formula is C41H64N6O8. The molecule has 0 radical (unpaired) electrons. The van der Waals surface area contributed by atoms with Gasteiger partial charge in [0.1, 0.15) is 23.7 Å². The van der Waals surface area contributed by atoms with E-state index in [0.29, 0.717) is 44.3 Å². The number of rotatable bonds is 17. The Labute approximate surface area is 326 Å². The zero-order chi connectivity index (χ0) is 40.9. The first-order chi connectivity index (χ1) is 25.9. The summed E-state index contributed by atoms with van der Waals surface area (Å²) in [6.45, 7) is 11.4. The van der Waals surface area contributed by atoms with Crippen molar-refractivity contribution in [1.82, 2.24) is 30.7 Å². The molecule has 14 heteroatoms. The van der Waals surface area contributed by atoms with Crippen molar-refractivity contribution in [2.75, 3.05) is 33.7 Å². The number of likely N-dealkylation sites (N-methyl/N-ethyl adjacent to an activating group) is 1. The molecule has 1 aromatic carbocycles. The topological polar surface area (TPSA) is 175 Å². The fourth-order valence-electron chi connectivity index (χ4n) is 7.21. The first kappa shape index (κ1) is 44.9. The predicted octanol–water partition coefficient (Wildman–Crippen LogP) is 4.13. The highest BCUT2D eigenvalue weighted by Crippen LogP contribution is 2.33. The summed E-state index contributed by atoms with van der Waals surface area (Å²) in [7, 11) is 3.13. The molecule has 1 aliphatic carbocycles. The maximum Gasteiger partial charge on any atom is 0.410 e. The number of likely N-dealkylation sites (tertiary alicyclic amines) is 1. The number of hydrogen-bond donors (Lipinski definition) is 3. The van der Waals surface area contributed by atoms with Gasteiger partial charge in [-0.25, -0.2) is 4.79 Å².